The Morgan fingerprint density at radius 1 is 1.24 bits per heavy atom. The predicted molar refractivity (Wildman–Crippen MR) is 88.0 cm³/mol. The van der Waals surface area contributed by atoms with Crippen LogP contribution < -0.4 is 9.91 Å². The first-order chi connectivity index (χ1) is 9.66. The van der Waals surface area contributed by atoms with Gasteiger partial charge in [0.15, 0.2) is 0 Å². The van der Waals surface area contributed by atoms with Crippen LogP contribution in [0.2, 0.25) is 19.6 Å². The summed E-state index contributed by atoms with van der Waals surface area (Å²) in [7, 11) is -3.39. The molecule has 0 radical (unpaired) electrons. The molecular formula is C14H23N3O2SSi. The molecule has 0 aromatic heterocycles. The summed E-state index contributed by atoms with van der Waals surface area (Å²) in [5, 5.41) is 9.84. The van der Waals surface area contributed by atoms with Crippen LogP contribution in [0, 0.1) is 11.3 Å². The lowest BCUT2D eigenvalue weighted by molar-refractivity contribution is 0.464. The van der Waals surface area contributed by atoms with Gasteiger partial charge in [-0.15, -0.1) is 0 Å². The van der Waals surface area contributed by atoms with E-state index < -0.39 is 18.3 Å². The first-order valence-corrected chi connectivity index (χ1v) is 11.8. The molecule has 7 heteroatoms. The van der Waals surface area contributed by atoms with Crippen molar-refractivity contribution in [2.75, 3.05) is 13.6 Å². The van der Waals surface area contributed by atoms with Crippen LogP contribution in [-0.2, 0) is 16.8 Å². The van der Waals surface area contributed by atoms with Gasteiger partial charge in [0.1, 0.15) is 0 Å². The van der Waals surface area contributed by atoms with Gasteiger partial charge in [0.05, 0.1) is 14.1 Å². The van der Waals surface area contributed by atoms with Crippen molar-refractivity contribution >= 4 is 23.5 Å². The Labute approximate surface area is 128 Å². The van der Waals surface area contributed by atoms with E-state index in [0.29, 0.717) is 0 Å². The predicted octanol–water partition coefficient (Wildman–Crippen LogP) is 1.41. The minimum Gasteiger partial charge on any atom is -0.198 e. The molecule has 0 atom stereocenters. The molecule has 116 valence electrons. The molecule has 0 amide bonds. The summed E-state index contributed by atoms with van der Waals surface area (Å²) in [6, 6.07) is 10.0. The van der Waals surface area contributed by atoms with E-state index in [2.05, 4.69) is 36.5 Å². The normalized spacial score (nSPS) is 12.4. The molecule has 0 aliphatic rings. The van der Waals surface area contributed by atoms with E-state index >= 15 is 0 Å². The molecule has 0 fully saturated rings. The third kappa shape index (κ3) is 5.59. The van der Waals surface area contributed by atoms with Crippen LogP contribution in [0.3, 0.4) is 0 Å². The summed E-state index contributed by atoms with van der Waals surface area (Å²) >= 11 is 0. The molecule has 1 aromatic carbocycles. The van der Waals surface area contributed by atoms with Crippen LogP contribution >= 0.6 is 0 Å². The van der Waals surface area contributed by atoms with Crippen molar-refractivity contribution in [2.45, 2.75) is 32.6 Å². The standard InChI is InChI=1S/C14H23N3O2SSi/c1-17(11-5-10-15)20(18,19)16-12-13-6-8-14(9-7-13)21(2,3)4/h6-9,16H,5,11-12H2,1-4H3. The van der Waals surface area contributed by atoms with E-state index in [4.69, 9.17) is 5.26 Å². The molecule has 0 heterocycles. The first-order valence-electron chi connectivity index (χ1n) is 6.84. The SMILES string of the molecule is CN(CCC#N)S(=O)(=O)NCc1ccc([Si](C)(C)C)cc1. The summed E-state index contributed by atoms with van der Waals surface area (Å²) in [6.45, 7) is 7.27. The van der Waals surface area contributed by atoms with Crippen molar-refractivity contribution in [2.24, 2.45) is 0 Å². The van der Waals surface area contributed by atoms with Gasteiger partial charge in [-0.3, -0.25) is 0 Å². The number of nitrogens with zero attached hydrogens (tertiary/aromatic N) is 2. The second-order valence-electron chi connectivity index (χ2n) is 6.00. The number of hydrogen-bond acceptors (Lipinski definition) is 3. The summed E-state index contributed by atoms with van der Waals surface area (Å²) in [4.78, 5) is 0. The van der Waals surface area contributed by atoms with Gasteiger partial charge >= 0.3 is 0 Å². The molecule has 0 aliphatic heterocycles. The third-order valence-corrected chi connectivity index (χ3v) is 6.81. The second kappa shape index (κ2) is 7.18. The molecule has 5 nitrogen and oxygen atoms in total. The van der Waals surface area contributed by atoms with Crippen molar-refractivity contribution in [3.05, 3.63) is 29.8 Å². The Balaban J connectivity index is 2.65. The van der Waals surface area contributed by atoms with Gasteiger partial charge in [-0.1, -0.05) is 49.1 Å². The van der Waals surface area contributed by atoms with Crippen LogP contribution in [0.4, 0.5) is 0 Å². The number of benzene rings is 1. The third-order valence-electron chi connectivity index (χ3n) is 3.23. The highest BCUT2D eigenvalue weighted by Gasteiger charge is 2.18. The minimum atomic E-state index is -3.53. The molecule has 0 saturated heterocycles. The van der Waals surface area contributed by atoms with Gasteiger partial charge in [-0.25, -0.2) is 0 Å². The van der Waals surface area contributed by atoms with E-state index in [1.807, 2.05) is 18.2 Å². The largest absolute Gasteiger partial charge is 0.279 e. The van der Waals surface area contributed by atoms with Gasteiger partial charge < -0.3 is 0 Å². The maximum Gasteiger partial charge on any atom is 0.279 e. The Hall–Kier alpha value is -1.20. The molecule has 0 spiro atoms. The van der Waals surface area contributed by atoms with Gasteiger partial charge in [0, 0.05) is 26.6 Å². The average Bonchev–Trinajstić information content (AvgIpc) is 2.42. The van der Waals surface area contributed by atoms with Gasteiger partial charge in [0.25, 0.3) is 10.2 Å². The van der Waals surface area contributed by atoms with Gasteiger partial charge in [-0.2, -0.15) is 22.7 Å². The van der Waals surface area contributed by atoms with E-state index in [9.17, 15) is 8.42 Å². The van der Waals surface area contributed by atoms with Crippen molar-refractivity contribution in [3.8, 4) is 6.07 Å². The fraction of sp³-hybridized carbons (Fsp3) is 0.500. The van der Waals surface area contributed by atoms with Crippen LogP contribution in [0.25, 0.3) is 0 Å². The summed E-state index contributed by atoms with van der Waals surface area (Å²) < 4.78 is 27.6. The quantitative estimate of drug-likeness (QED) is 0.770. The fourth-order valence-electron chi connectivity index (χ4n) is 1.73. The summed E-state index contributed by atoms with van der Waals surface area (Å²) in [6.07, 6.45) is 0.183. The molecule has 0 unspecified atom stereocenters. The van der Waals surface area contributed by atoms with Crippen LogP contribution in [0.1, 0.15) is 12.0 Å². The van der Waals surface area contributed by atoms with Crippen molar-refractivity contribution in [1.82, 2.24) is 9.03 Å². The minimum absolute atomic E-state index is 0.183. The van der Waals surface area contributed by atoms with Crippen molar-refractivity contribution in [1.29, 1.82) is 5.26 Å². The lowest BCUT2D eigenvalue weighted by Gasteiger charge is -2.18. The lowest BCUT2D eigenvalue weighted by atomic mass is 10.2. The maximum atomic E-state index is 11.9. The molecular weight excluding hydrogens is 302 g/mol. The van der Waals surface area contributed by atoms with Crippen molar-refractivity contribution in [3.63, 3.8) is 0 Å². The number of rotatable bonds is 7. The Bertz CT molecular complexity index is 601. The maximum absolute atomic E-state index is 11.9. The van der Waals surface area contributed by atoms with Crippen molar-refractivity contribution < 1.29 is 8.42 Å². The number of hydrogen-bond donors (Lipinski definition) is 1. The van der Waals surface area contributed by atoms with Gasteiger partial charge in [0.2, 0.25) is 0 Å². The van der Waals surface area contributed by atoms with E-state index in [-0.39, 0.29) is 19.5 Å². The monoisotopic (exact) mass is 325 g/mol. The molecule has 0 saturated carbocycles. The zero-order valence-electron chi connectivity index (χ0n) is 13.0. The van der Waals surface area contributed by atoms with Gasteiger partial charge in [-0.05, 0) is 5.56 Å². The molecule has 0 bridgehead atoms. The molecule has 21 heavy (non-hydrogen) atoms. The van der Waals surface area contributed by atoms with Crippen LogP contribution in [-0.4, -0.2) is 34.4 Å². The molecule has 1 rings (SSSR count). The van der Waals surface area contributed by atoms with E-state index in [0.717, 1.165) is 9.87 Å². The van der Waals surface area contributed by atoms with E-state index in [1.165, 1.54) is 12.2 Å². The molecule has 1 N–H and O–H groups in total. The highest BCUT2D eigenvalue weighted by molar-refractivity contribution is 7.87. The number of nitrogens with one attached hydrogen (secondary N) is 1. The highest BCUT2D eigenvalue weighted by atomic mass is 32.2. The Morgan fingerprint density at radius 3 is 2.29 bits per heavy atom. The smallest absolute Gasteiger partial charge is 0.198 e. The molecule has 1 aromatic rings. The highest BCUT2D eigenvalue weighted by Crippen LogP contribution is 2.05. The zero-order chi connectivity index (χ0) is 16.1. The fourth-order valence-corrected chi connectivity index (χ4v) is 3.80. The average molecular weight is 326 g/mol. The number of nitriles is 1. The zero-order valence-corrected chi connectivity index (χ0v) is 14.9. The van der Waals surface area contributed by atoms with Crippen LogP contribution in [0.15, 0.2) is 24.3 Å². The summed E-state index contributed by atoms with van der Waals surface area (Å²) in [5.41, 5.74) is 0.925. The molecule has 0 aliphatic carbocycles. The Morgan fingerprint density at radius 2 is 1.81 bits per heavy atom. The lowest BCUT2D eigenvalue weighted by Crippen LogP contribution is -2.39. The first kappa shape index (κ1) is 17.8. The van der Waals surface area contributed by atoms with E-state index in [1.54, 1.807) is 0 Å². The topological polar surface area (TPSA) is 73.2 Å². The second-order valence-corrected chi connectivity index (χ2v) is 12.9. The van der Waals surface area contributed by atoms with Crippen LogP contribution in [0.5, 0.6) is 0 Å². The summed E-state index contributed by atoms with van der Waals surface area (Å²) in [5.74, 6) is 0. The Kier molecular flexibility index (Phi) is 6.10.